The van der Waals surface area contributed by atoms with E-state index in [-0.39, 0.29) is 10.7 Å². The number of aromatic nitrogens is 2. The molecule has 224 valence electrons. The third-order valence-electron chi connectivity index (χ3n) is 7.70. The number of rotatable bonds is 9. The number of carbonyl (C=O) groups is 1. The van der Waals surface area contributed by atoms with E-state index < -0.39 is 21.2 Å². The molecule has 3 aromatic carbocycles. The van der Waals surface area contributed by atoms with Crippen molar-refractivity contribution in [3.8, 4) is 11.1 Å². The standard InChI is InChI=1S/C32H33Cl2N5O3S/c1-4-29(30-22(2)35-37(3)31(30)34)43(41,42)36-32(40)24-11-15-27(16-12-24)39-19-17-38(18-20-39)21-25-7-5-6-8-28(25)23-9-13-26(33)14-10-23/h4-16,29H,1,17-21H2,2-3H3,(H,36,40). The van der Waals surface area contributed by atoms with Crippen LogP contribution in [-0.2, 0) is 23.6 Å². The lowest BCUT2D eigenvalue weighted by Crippen LogP contribution is -2.46. The molecule has 0 radical (unpaired) electrons. The fraction of sp³-hybridized carbons (Fsp3) is 0.250. The number of nitrogens with zero attached hydrogens (tertiary/aromatic N) is 4. The summed E-state index contributed by atoms with van der Waals surface area (Å²) in [6.45, 7) is 9.58. The fourth-order valence-corrected chi connectivity index (χ4v) is 7.25. The van der Waals surface area contributed by atoms with Crippen LogP contribution < -0.4 is 9.62 Å². The quantitative estimate of drug-likeness (QED) is 0.226. The number of benzene rings is 3. The Labute approximate surface area is 262 Å². The predicted octanol–water partition coefficient (Wildman–Crippen LogP) is 6.01. The smallest absolute Gasteiger partial charge is 0.264 e. The number of nitrogens with one attached hydrogen (secondary N) is 1. The van der Waals surface area contributed by atoms with Gasteiger partial charge < -0.3 is 4.90 Å². The summed E-state index contributed by atoms with van der Waals surface area (Å²) in [6.07, 6.45) is 1.24. The Morgan fingerprint density at radius 2 is 1.65 bits per heavy atom. The first kappa shape index (κ1) is 30.8. The SMILES string of the molecule is C=CC(c1c(C)nn(C)c1Cl)S(=O)(=O)NC(=O)c1ccc(N2CCN(Cc3ccccc3-c3ccc(Cl)cc3)CC2)cc1. The predicted molar refractivity (Wildman–Crippen MR) is 173 cm³/mol. The number of hydrogen-bond acceptors (Lipinski definition) is 6. The highest BCUT2D eigenvalue weighted by Crippen LogP contribution is 2.32. The average Bonchev–Trinajstić information content (AvgIpc) is 3.24. The van der Waals surface area contributed by atoms with E-state index in [9.17, 15) is 13.2 Å². The van der Waals surface area contributed by atoms with Crippen molar-refractivity contribution in [2.24, 2.45) is 7.05 Å². The Bertz CT molecular complexity index is 1730. The van der Waals surface area contributed by atoms with Crippen molar-refractivity contribution in [2.75, 3.05) is 31.1 Å². The lowest BCUT2D eigenvalue weighted by atomic mass is 9.99. The van der Waals surface area contributed by atoms with Crippen LogP contribution in [0.1, 0.15) is 32.4 Å². The summed E-state index contributed by atoms with van der Waals surface area (Å²) in [5.41, 5.74) is 5.57. The van der Waals surface area contributed by atoms with Gasteiger partial charge in [0.15, 0.2) is 0 Å². The van der Waals surface area contributed by atoms with Crippen LogP contribution in [0.3, 0.4) is 0 Å². The minimum atomic E-state index is -4.17. The van der Waals surface area contributed by atoms with Crippen LogP contribution in [0, 0.1) is 6.92 Å². The summed E-state index contributed by atoms with van der Waals surface area (Å²) in [6, 6.07) is 23.3. The van der Waals surface area contributed by atoms with Crippen LogP contribution >= 0.6 is 23.2 Å². The fourth-order valence-electron chi connectivity index (χ4n) is 5.42. The molecule has 1 N–H and O–H groups in total. The second-order valence-corrected chi connectivity index (χ2v) is 13.1. The third kappa shape index (κ3) is 6.80. The third-order valence-corrected chi connectivity index (χ3v) is 9.96. The first-order valence-electron chi connectivity index (χ1n) is 13.9. The molecule has 1 aromatic heterocycles. The molecule has 1 atom stereocenters. The molecular formula is C32H33Cl2N5O3S. The van der Waals surface area contributed by atoms with Gasteiger partial charge in [0.1, 0.15) is 10.4 Å². The Morgan fingerprint density at radius 3 is 2.26 bits per heavy atom. The van der Waals surface area contributed by atoms with Crippen molar-refractivity contribution >= 4 is 44.8 Å². The molecule has 1 aliphatic heterocycles. The Hall–Kier alpha value is -3.63. The molecule has 43 heavy (non-hydrogen) atoms. The zero-order valence-electron chi connectivity index (χ0n) is 24.0. The Morgan fingerprint density at radius 1 is 1.00 bits per heavy atom. The van der Waals surface area contributed by atoms with Crippen LogP contribution in [0.15, 0.2) is 85.5 Å². The van der Waals surface area contributed by atoms with E-state index in [1.54, 1.807) is 26.1 Å². The highest BCUT2D eigenvalue weighted by Gasteiger charge is 2.32. The van der Waals surface area contributed by atoms with E-state index in [0.717, 1.165) is 49.0 Å². The highest BCUT2D eigenvalue weighted by atomic mass is 35.5. The van der Waals surface area contributed by atoms with Crippen LogP contribution in [0.5, 0.6) is 0 Å². The van der Waals surface area contributed by atoms with Crippen molar-refractivity contribution in [3.05, 3.63) is 118 Å². The number of piperazine rings is 1. The maximum atomic E-state index is 13.1. The van der Waals surface area contributed by atoms with Gasteiger partial charge in [0.05, 0.1) is 5.69 Å². The van der Waals surface area contributed by atoms with E-state index in [1.807, 2.05) is 36.4 Å². The van der Waals surface area contributed by atoms with Crippen molar-refractivity contribution in [3.63, 3.8) is 0 Å². The van der Waals surface area contributed by atoms with Gasteiger partial charge >= 0.3 is 0 Å². The van der Waals surface area contributed by atoms with Gasteiger partial charge in [-0.2, -0.15) is 5.10 Å². The van der Waals surface area contributed by atoms with Crippen molar-refractivity contribution in [2.45, 2.75) is 18.7 Å². The summed E-state index contributed by atoms with van der Waals surface area (Å²) in [4.78, 5) is 17.6. The van der Waals surface area contributed by atoms with Crippen LogP contribution in [0.4, 0.5) is 5.69 Å². The Kier molecular flexibility index (Phi) is 9.27. The van der Waals surface area contributed by atoms with Gasteiger partial charge in [0.2, 0.25) is 10.0 Å². The number of sulfonamides is 1. The summed E-state index contributed by atoms with van der Waals surface area (Å²) in [5.74, 6) is -0.722. The monoisotopic (exact) mass is 637 g/mol. The highest BCUT2D eigenvalue weighted by molar-refractivity contribution is 7.90. The molecule has 0 saturated carbocycles. The second kappa shape index (κ2) is 12.9. The zero-order chi connectivity index (χ0) is 30.7. The minimum absolute atomic E-state index is 0.176. The molecule has 0 aliphatic carbocycles. The second-order valence-electron chi connectivity index (χ2n) is 10.5. The van der Waals surface area contributed by atoms with Gasteiger partial charge in [-0.3, -0.25) is 14.4 Å². The van der Waals surface area contributed by atoms with Crippen molar-refractivity contribution in [1.29, 1.82) is 0 Å². The molecule has 1 unspecified atom stereocenters. The van der Waals surface area contributed by atoms with E-state index in [2.05, 4.69) is 50.5 Å². The summed E-state index contributed by atoms with van der Waals surface area (Å²) >= 11 is 12.4. The van der Waals surface area contributed by atoms with Crippen molar-refractivity contribution in [1.82, 2.24) is 19.4 Å². The molecule has 0 spiro atoms. The van der Waals surface area contributed by atoms with Crippen LogP contribution in [0.25, 0.3) is 11.1 Å². The number of carbonyl (C=O) groups excluding carboxylic acids is 1. The van der Waals surface area contributed by atoms with E-state index in [1.165, 1.54) is 21.9 Å². The molecule has 4 aromatic rings. The van der Waals surface area contributed by atoms with Gasteiger partial charge in [-0.05, 0) is 60.0 Å². The summed E-state index contributed by atoms with van der Waals surface area (Å²) in [5, 5.41) is 3.84. The minimum Gasteiger partial charge on any atom is -0.369 e. The molecule has 5 rings (SSSR count). The zero-order valence-corrected chi connectivity index (χ0v) is 26.3. The van der Waals surface area contributed by atoms with Gasteiger partial charge in [-0.15, -0.1) is 6.58 Å². The van der Waals surface area contributed by atoms with E-state index >= 15 is 0 Å². The number of aryl methyl sites for hydroxylation is 2. The molecule has 1 amide bonds. The van der Waals surface area contributed by atoms with Gasteiger partial charge in [-0.25, -0.2) is 13.1 Å². The van der Waals surface area contributed by atoms with Gasteiger partial charge in [0, 0.05) is 61.6 Å². The average molecular weight is 639 g/mol. The van der Waals surface area contributed by atoms with E-state index in [4.69, 9.17) is 23.2 Å². The lowest BCUT2D eigenvalue weighted by molar-refractivity contribution is 0.0981. The lowest BCUT2D eigenvalue weighted by Gasteiger charge is -2.36. The molecule has 1 saturated heterocycles. The Balaban J connectivity index is 1.20. The first-order chi connectivity index (χ1) is 20.6. The first-order valence-corrected chi connectivity index (χ1v) is 16.2. The van der Waals surface area contributed by atoms with Crippen LogP contribution in [-0.4, -0.2) is 55.2 Å². The number of anilines is 1. The number of hydrogen-bond donors (Lipinski definition) is 1. The topological polar surface area (TPSA) is 87.5 Å². The number of amides is 1. The van der Waals surface area contributed by atoms with Gasteiger partial charge in [0.25, 0.3) is 5.91 Å². The molecule has 11 heteroatoms. The number of halogens is 2. The maximum absolute atomic E-state index is 13.1. The molecule has 2 heterocycles. The molecule has 1 aliphatic rings. The molecule has 8 nitrogen and oxygen atoms in total. The largest absolute Gasteiger partial charge is 0.369 e. The summed E-state index contributed by atoms with van der Waals surface area (Å²) < 4.78 is 29.8. The maximum Gasteiger partial charge on any atom is 0.264 e. The molecular weight excluding hydrogens is 605 g/mol. The summed E-state index contributed by atoms with van der Waals surface area (Å²) in [7, 11) is -2.55. The van der Waals surface area contributed by atoms with Crippen LogP contribution in [0.2, 0.25) is 10.2 Å². The van der Waals surface area contributed by atoms with Gasteiger partial charge in [-0.1, -0.05) is 65.7 Å². The van der Waals surface area contributed by atoms with E-state index in [0.29, 0.717) is 11.3 Å². The van der Waals surface area contributed by atoms with Crippen molar-refractivity contribution < 1.29 is 13.2 Å². The normalized spacial score (nSPS) is 14.8. The molecule has 1 fully saturated rings. The molecule has 0 bridgehead atoms.